The van der Waals surface area contributed by atoms with Crippen molar-refractivity contribution >= 4 is 16.9 Å². The van der Waals surface area contributed by atoms with E-state index in [9.17, 15) is 9.59 Å². The minimum Gasteiger partial charge on any atom is -0.349 e. The van der Waals surface area contributed by atoms with Crippen LogP contribution in [0.1, 0.15) is 60.7 Å². The molecule has 1 atom stereocenters. The molecule has 1 amide bonds. The molecule has 0 spiro atoms. The van der Waals surface area contributed by atoms with Crippen LogP contribution in [0.5, 0.6) is 0 Å². The smallest absolute Gasteiger partial charge is 0.345 e. The Hall–Kier alpha value is -2.97. The van der Waals surface area contributed by atoms with E-state index in [1.54, 1.807) is 13.9 Å². The first kappa shape index (κ1) is 21.3. The van der Waals surface area contributed by atoms with E-state index in [2.05, 4.69) is 34.3 Å². The molecule has 4 rings (SSSR count). The molecule has 0 radical (unpaired) electrons. The van der Waals surface area contributed by atoms with Gasteiger partial charge in [0.15, 0.2) is 5.65 Å². The largest absolute Gasteiger partial charge is 0.349 e. The molecule has 1 N–H and O–H groups in total. The van der Waals surface area contributed by atoms with Gasteiger partial charge < -0.3 is 5.32 Å². The first-order valence-corrected chi connectivity index (χ1v) is 11.0. The summed E-state index contributed by atoms with van der Waals surface area (Å²) in [6, 6.07) is 1.81. The van der Waals surface area contributed by atoms with Gasteiger partial charge >= 0.3 is 5.69 Å². The number of hydrogen-bond acceptors (Lipinski definition) is 5. The van der Waals surface area contributed by atoms with Crippen LogP contribution in [0.15, 0.2) is 10.9 Å². The maximum absolute atomic E-state index is 13.2. The minimum absolute atomic E-state index is 0.0155. The van der Waals surface area contributed by atoms with E-state index in [1.807, 2.05) is 27.0 Å². The van der Waals surface area contributed by atoms with Gasteiger partial charge in [-0.2, -0.15) is 10.2 Å². The van der Waals surface area contributed by atoms with Crippen LogP contribution in [0.3, 0.4) is 0 Å². The lowest BCUT2D eigenvalue weighted by Gasteiger charge is -2.17. The summed E-state index contributed by atoms with van der Waals surface area (Å²) in [5, 5.41) is 12.9. The molecule has 9 nitrogen and oxygen atoms in total. The molecule has 0 aromatic carbocycles. The van der Waals surface area contributed by atoms with Crippen LogP contribution in [0, 0.1) is 19.8 Å². The molecule has 166 valence electrons. The highest BCUT2D eigenvalue weighted by atomic mass is 16.2. The summed E-state index contributed by atoms with van der Waals surface area (Å²) in [4.78, 5) is 30.4. The molecule has 0 bridgehead atoms. The molecule has 31 heavy (non-hydrogen) atoms. The van der Waals surface area contributed by atoms with Gasteiger partial charge in [0.05, 0.1) is 16.6 Å². The summed E-state index contributed by atoms with van der Waals surface area (Å²) < 4.78 is 5.08. The lowest BCUT2D eigenvalue weighted by molar-refractivity contribution is 0.0934. The normalized spacial score (nSPS) is 16.5. The number of rotatable bonds is 5. The summed E-state index contributed by atoms with van der Waals surface area (Å²) in [5.41, 5.74) is 2.85. The number of aromatic nitrogens is 6. The summed E-state index contributed by atoms with van der Waals surface area (Å²) in [6.07, 6.45) is 3.06. The predicted molar refractivity (Wildman–Crippen MR) is 118 cm³/mol. The fourth-order valence-electron chi connectivity index (χ4n) is 4.31. The number of carbonyl (C=O) groups is 1. The molecule has 0 fully saturated rings. The standard InChI is InChI=1S/C22H31N7O2/c1-13(2)8-11-29-22(31)28-10-9-16(6-7-18(28)26-29)24-21(30)17-12-14(3)23-20-19(17)15(4)25-27(20)5/h12-13,16H,6-11H2,1-5H3,(H,24,30). The Labute approximate surface area is 181 Å². The van der Waals surface area contributed by atoms with Crippen molar-refractivity contribution in [1.82, 2.24) is 34.4 Å². The van der Waals surface area contributed by atoms with Crippen LogP contribution in [-0.4, -0.2) is 41.1 Å². The van der Waals surface area contributed by atoms with Crippen molar-refractivity contribution in [2.24, 2.45) is 13.0 Å². The van der Waals surface area contributed by atoms with Crippen LogP contribution in [0.2, 0.25) is 0 Å². The van der Waals surface area contributed by atoms with Crippen LogP contribution in [-0.2, 0) is 26.6 Å². The second kappa shape index (κ2) is 8.28. The van der Waals surface area contributed by atoms with E-state index < -0.39 is 0 Å². The van der Waals surface area contributed by atoms with Crippen molar-refractivity contribution in [3.05, 3.63) is 39.3 Å². The number of amides is 1. The second-order valence-corrected chi connectivity index (χ2v) is 8.97. The molecule has 1 aliphatic heterocycles. The Morgan fingerprint density at radius 1 is 1.26 bits per heavy atom. The zero-order valence-corrected chi connectivity index (χ0v) is 19.0. The van der Waals surface area contributed by atoms with Gasteiger partial charge in [-0.25, -0.2) is 14.5 Å². The maximum atomic E-state index is 13.2. The van der Waals surface area contributed by atoms with Gasteiger partial charge in [-0.05, 0) is 45.1 Å². The molecular formula is C22H31N7O2. The van der Waals surface area contributed by atoms with Crippen LogP contribution < -0.4 is 11.0 Å². The summed E-state index contributed by atoms with van der Waals surface area (Å²) in [5.74, 6) is 1.22. The lowest BCUT2D eigenvalue weighted by Crippen LogP contribution is -2.36. The van der Waals surface area contributed by atoms with Gasteiger partial charge in [-0.3, -0.25) is 14.0 Å². The molecular weight excluding hydrogens is 394 g/mol. The Balaban J connectivity index is 1.50. The van der Waals surface area contributed by atoms with Crippen LogP contribution in [0.25, 0.3) is 11.0 Å². The Bertz CT molecular complexity index is 1180. The fraction of sp³-hybridized carbons (Fsp3) is 0.591. The van der Waals surface area contributed by atoms with Crippen LogP contribution in [0.4, 0.5) is 0 Å². The lowest BCUT2D eigenvalue weighted by atomic mass is 10.1. The number of aryl methyl sites for hydroxylation is 5. The highest BCUT2D eigenvalue weighted by molar-refractivity contribution is 6.06. The highest BCUT2D eigenvalue weighted by Gasteiger charge is 2.24. The Kier molecular flexibility index (Phi) is 5.68. The van der Waals surface area contributed by atoms with E-state index in [0.717, 1.165) is 35.4 Å². The number of nitrogens with one attached hydrogen (secondary N) is 1. The molecule has 1 aliphatic rings. The first-order chi connectivity index (χ1) is 14.7. The average molecular weight is 426 g/mol. The SMILES string of the molecule is Cc1cc(C(=O)NC2CCc3nn(CCC(C)C)c(=O)n3CC2)c2c(C)nn(C)c2n1. The monoisotopic (exact) mass is 425 g/mol. The third-order valence-electron chi connectivity index (χ3n) is 6.01. The van der Waals surface area contributed by atoms with Gasteiger partial charge in [-0.1, -0.05) is 13.8 Å². The van der Waals surface area contributed by atoms with Crippen molar-refractivity contribution in [3.8, 4) is 0 Å². The first-order valence-electron chi connectivity index (χ1n) is 11.0. The zero-order valence-electron chi connectivity index (χ0n) is 19.0. The van der Waals surface area contributed by atoms with Gasteiger partial charge in [0.2, 0.25) is 0 Å². The van der Waals surface area contributed by atoms with E-state index in [4.69, 9.17) is 0 Å². The summed E-state index contributed by atoms with van der Waals surface area (Å²) in [7, 11) is 1.84. The molecule has 9 heteroatoms. The predicted octanol–water partition coefficient (Wildman–Crippen LogP) is 2.12. The van der Waals surface area contributed by atoms with E-state index >= 15 is 0 Å². The van der Waals surface area contributed by atoms with Gasteiger partial charge in [-0.15, -0.1) is 0 Å². The number of fused-ring (bicyclic) bond motifs is 2. The summed E-state index contributed by atoms with van der Waals surface area (Å²) >= 11 is 0. The number of nitrogens with zero attached hydrogens (tertiary/aromatic N) is 6. The average Bonchev–Trinajstić information content (AvgIpc) is 3.07. The van der Waals surface area contributed by atoms with Crippen molar-refractivity contribution in [1.29, 1.82) is 0 Å². The van der Waals surface area contributed by atoms with Gasteiger partial charge in [0.25, 0.3) is 5.91 Å². The number of hydrogen-bond donors (Lipinski definition) is 1. The van der Waals surface area contributed by atoms with Gasteiger partial charge in [0, 0.05) is 38.3 Å². The van der Waals surface area contributed by atoms with Gasteiger partial charge in [0.1, 0.15) is 5.82 Å². The molecule has 3 aromatic heterocycles. The second-order valence-electron chi connectivity index (χ2n) is 8.97. The fourth-order valence-corrected chi connectivity index (χ4v) is 4.31. The number of carbonyl (C=O) groups excluding carboxylic acids is 1. The van der Waals surface area contributed by atoms with E-state index in [0.29, 0.717) is 43.1 Å². The molecule has 0 aliphatic carbocycles. The van der Waals surface area contributed by atoms with Crippen molar-refractivity contribution in [2.75, 3.05) is 0 Å². The third-order valence-corrected chi connectivity index (χ3v) is 6.01. The topological polar surface area (TPSA) is 99.6 Å². The highest BCUT2D eigenvalue weighted by Crippen LogP contribution is 2.22. The quantitative estimate of drug-likeness (QED) is 0.675. The van der Waals surface area contributed by atoms with E-state index in [1.165, 1.54) is 0 Å². The third kappa shape index (κ3) is 4.13. The zero-order chi connectivity index (χ0) is 22.3. The number of pyridine rings is 1. The minimum atomic E-state index is -0.120. The maximum Gasteiger partial charge on any atom is 0.345 e. The van der Waals surface area contributed by atoms with Crippen molar-refractivity contribution < 1.29 is 4.79 Å². The molecule has 0 saturated heterocycles. The molecule has 4 heterocycles. The molecule has 1 unspecified atom stereocenters. The van der Waals surface area contributed by atoms with Crippen molar-refractivity contribution in [2.45, 2.75) is 72.5 Å². The van der Waals surface area contributed by atoms with E-state index in [-0.39, 0.29) is 17.6 Å². The molecule has 3 aromatic rings. The summed E-state index contributed by atoms with van der Waals surface area (Å²) in [6.45, 7) is 9.28. The Morgan fingerprint density at radius 2 is 2.03 bits per heavy atom. The Morgan fingerprint density at radius 3 is 2.77 bits per heavy atom. The van der Waals surface area contributed by atoms with Crippen LogP contribution >= 0.6 is 0 Å². The molecule has 0 saturated carbocycles. The van der Waals surface area contributed by atoms with Crippen molar-refractivity contribution in [3.63, 3.8) is 0 Å².